The van der Waals surface area contributed by atoms with Gasteiger partial charge in [-0.25, -0.2) is 0 Å². The molecule has 0 bridgehead atoms. The lowest BCUT2D eigenvalue weighted by Crippen LogP contribution is -2.15. The number of nitrogen functional groups attached to an aromatic ring is 1. The molecule has 1 saturated carbocycles. The van der Waals surface area contributed by atoms with E-state index in [2.05, 4.69) is 12.2 Å². The van der Waals surface area contributed by atoms with Gasteiger partial charge in [0, 0.05) is 6.54 Å². The Morgan fingerprint density at radius 1 is 1.50 bits per heavy atom. The normalized spacial score (nSPS) is 16.2. The highest BCUT2D eigenvalue weighted by Crippen LogP contribution is 2.50. The predicted octanol–water partition coefficient (Wildman–Crippen LogP) is 2.82. The second-order valence-corrected chi connectivity index (χ2v) is 6.76. The summed E-state index contributed by atoms with van der Waals surface area (Å²) in [5.74, 6) is 0.0523. The lowest BCUT2D eigenvalue weighted by Gasteiger charge is -2.16. The Hall–Kier alpha value is -1.43. The van der Waals surface area contributed by atoms with E-state index >= 15 is 0 Å². The van der Waals surface area contributed by atoms with Crippen molar-refractivity contribution in [3.8, 4) is 5.75 Å². The predicted molar refractivity (Wildman–Crippen MR) is 83.5 cm³/mol. The number of thiophene rings is 1. The summed E-state index contributed by atoms with van der Waals surface area (Å²) < 4.78 is 5.74. The van der Waals surface area contributed by atoms with Gasteiger partial charge in [-0.2, -0.15) is 0 Å². The number of hydrogen-bond donors (Lipinski definition) is 3. The summed E-state index contributed by atoms with van der Waals surface area (Å²) in [5.41, 5.74) is 12.1. The third kappa shape index (κ3) is 3.00. The number of amides is 1. The monoisotopic (exact) mass is 297 g/mol. The van der Waals surface area contributed by atoms with Gasteiger partial charge in [-0.05, 0) is 38.5 Å². The number of anilines is 2. The first-order valence-electron chi connectivity index (χ1n) is 7.01. The second-order valence-electron chi connectivity index (χ2n) is 5.74. The number of ether oxygens (including phenoxy) is 1. The van der Waals surface area contributed by atoms with Crippen molar-refractivity contribution in [2.24, 2.45) is 11.1 Å². The highest BCUT2D eigenvalue weighted by Gasteiger charge is 2.40. The van der Waals surface area contributed by atoms with E-state index in [0.717, 1.165) is 18.0 Å². The summed E-state index contributed by atoms with van der Waals surface area (Å²) in [7, 11) is 0. The molecule has 0 aliphatic heterocycles. The molecule has 1 aromatic rings. The van der Waals surface area contributed by atoms with Crippen molar-refractivity contribution in [2.45, 2.75) is 46.1 Å². The quantitative estimate of drug-likeness (QED) is 0.722. The number of carbonyl (C=O) groups is 1. The topological polar surface area (TPSA) is 90.4 Å². The van der Waals surface area contributed by atoms with Gasteiger partial charge < -0.3 is 21.5 Å². The molecule has 112 valence electrons. The zero-order valence-corrected chi connectivity index (χ0v) is 13.1. The number of hydrogen-bond acceptors (Lipinski definition) is 5. The van der Waals surface area contributed by atoms with E-state index < -0.39 is 5.91 Å². The first kappa shape index (κ1) is 15.0. The molecule has 0 saturated heterocycles. The van der Waals surface area contributed by atoms with E-state index in [1.54, 1.807) is 0 Å². The summed E-state index contributed by atoms with van der Waals surface area (Å²) in [6.45, 7) is 6.95. The third-order valence-electron chi connectivity index (χ3n) is 3.81. The summed E-state index contributed by atoms with van der Waals surface area (Å²) >= 11 is 1.28. The van der Waals surface area contributed by atoms with Gasteiger partial charge in [-0.15, -0.1) is 11.3 Å². The molecule has 1 heterocycles. The molecule has 0 spiro atoms. The lowest BCUT2D eigenvalue weighted by molar-refractivity contribution is 0.100. The van der Waals surface area contributed by atoms with E-state index in [-0.39, 0.29) is 6.10 Å². The lowest BCUT2D eigenvalue weighted by atomic mass is 10.0. The van der Waals surface area contributed by atoms with Gasteiger partial charge in [0.25, 0.3) is 5.91 Å². The molecule has 5 N–H and O–H groups in total. The van der Waals surface area contributed by atoms with Crippen LogP contribution >= 0.6 is 11.3 Å². The smallest absolute Gasteiger partial charge is 0.261 e. The van der Waals surface area contributed by atoms with Crippen molar-refractivity contribution < 1.29 is 9.53 Å². The molecule has 2 rings (SSSR count). The zero-order chi connectivity index (χ0) is 14.9. The molecule has 0 unspecified atom stereocenters. The minimum Gasteiger partial charge on any atom is -0.486 e. The average Bonchev–Trinajstić information content (AvgIpc) is 3.10. The van der Waals surface area contributed by atoms with Crippen molar-refractivity contribution in [1.82, 2.24) is 0 Å². The summed E-state index contributed by atoms with van der Waals surface area (Å²) in [4.78, 5) is 11.8. The van der Waals surface area contributed by atoms with Gasteiger partial charge >= 0.3 is 0 Å². The van der Waals surface area contributed by atoms with E-state index in [1.165, 1.54) is 24.2 Å². The third-order valence-corrected chi connectivity index (χ3v) is 4.97. The maximum absolute atomic E-state index is 11.4. The Labute approximate surface area is 123 Å². The number of carbonyl (C=O) groups excluding carboxylic acids is 1. The second kappa shape index (κ2) is 5.52. The highest BCUT2D eigenvalue weighted by atomic mass is 32.1. The van der Waals surface area contributed by atoms with Crippen LogP contribution in [-0.4, -0.2) is 18.6 Å². The molecule has 0 radical (unpaired) electrons. The Balaban J connectivity index is 2.21. The van der Waals surface area contributed by atoms with Crippen LogP contribution in [0.15, 0.2) is 0 Å². The molecular weight excluding hydrogens is 274 g/mol. The van der Waals surface area contributed by atoms with E-state index in [4.69, 9.17) is 16.2 Å². The SMILES string of the molecule is CCC1(CNc2sc(C(N)=O)c(N)c2OC(C)C)CC1. The summed E-state index contributed by atoms with van der Waals surface area (Å²) in [6, 6.07) is 0. The maximum Gasteiger partial charge on any atom is 0.261 e. The molecule has 20 heavy (non-hydrogen) atoms. The Kier molecular flexibility index (Phi) is 4.13. The van der Waals surface area contributed by atoms with Crippen LogP contribution in [0.5, 0.6) is 5.75 Å². The van der Waals surface area contributed by atoms with Crippen molar-refractivity contribution in [2.75, 3.05) is 17.6 Å². The largest absolute Gasteiger partial charge is 0.486 e. The molecule has 1 aliphatic rings. The molecular formula is C14H23N3O2S. The fourth-order valence-corrected chi connectivity index (χ4v) is 3.08. The van der Waals surface area contributed by atoms with Crippen LogP contribution in [0.25, 0.3) is 0 Å². The fourth-order valence-electron chi connectivity index (χ4n) is 2.18. The van der Waals surface area contributed by atoms with Gasteiger partial charge in [0.05, 0.1) is 6.10 Å². The standard InChI is InChI=1S/C14H23N3O2S/c1-4-14(5-6-14)7-17-13-10(19-8(2)3)9(15)11(20-13)12(16)18/h8,17H,4-7,15H2,1-3H3,(H2,16,18). The van der Waals surface area contributed by atoms with Crippen molar-refractivity contribution in [3.05, 3.63) is 4.88 Å². The van der Waals surface area contributed by atoms with Gasteiger partial charge in [-0.1, -0.05) is 6.92 Å². The van der Waals surface area contributed by atoms with Crippen molar-refractivity contribution in [1.29, 1.82) is 0 Å². The zero-order valence-electron chi connectivity index (χ0n) is 12.3. The number of nitrogens with one attached hydrogen (secondary N) is 1. The minimum atomic E-state index is -0.509. The summed E-state index contributed by atoms with van der Waals surface area (Å²) in [6.07, 6.45) is 3.65. The van der Waals surface area contributed by atoms with Crippen molar-refractivity contribution >= 4 is 27.9 Å². The molecule has 1 aromatic heterocycles. The molecule has 6 heteroatoms. The van der Waals surface area contributed by atoms with Gasteiger partial charge in [0.1, 0.15) is 15.6 Å². The minimum absolute atomic E-state index is 0.00534. The average molecular weight is 297 g/mol. The molecule has 0 aromatic carbocycles. The van der Waals surface area contributed by atoms with E-state index in [0.29, 0.717) is 21.7 Å². The maximum atomic E-state index is 11.4. The van der Waals surface area contributed by atoms with Gasteiger partial charge in [0.15, 0.2) is 5.75 Å². The molecule has 5 nitrogen and oxygen atoms in total. The molecule has 1 aliphatic carbocycles. The van der Waals surface area contributed by atoms with Crippen molar-refractivity contribution in [3.63, 3.8) is 0 Å². The van der Waals surface area contributed by atoms with Crippen LogP contribution in [0.1, 0.15) is 49.7 Å². The molecule has 0 atom stereocenters. The van der Waals surface area contributed by atoms with Crippen LogP contribution in [0.3, 0.4) is 0 Å². The van der Waals surface area contributed by atoms with E-state index in [9.17, 15) is 4.79 Å². The molecule has 1 amide bonds. The Bertz CT molecular complexity index is 507. The van der Waals surface area contributed by atoms with Crippen LogP contribution in [0, 0.1) is 5.41 Å². The highest BCUT2D eigenvalue weighted by molar-refractivity contribution is 7.19. The number of nitrogens with two attached hydrogens (primary N) is 2. The summed E-state index contributed by atoms with van der Waals surface area (Å²) in [5, 5.41) is 4.20. The number of primary amides is 1. The Morgan fingerprint density at radius 2 is 2.15 bits per heavy atom. The Morgan fingerprint density at radius 3 is 2.60 bits per heavy atom. The van der Waals surface area contributed by atoms with Crippen LogP contribution in [0.2, 0.25) is 0 Å². The van der Waals surface area contributed by atoms with E-state index in [1.807, 2.05) is 13.8 Å². The molecule has 1 fully saturated rings. The van der Waals surface area contributed by atoms with Gasteiger partial charge in [0.2, 0.25) is 0 Å². The van der Waals surface area contributed by atoms with Gasteiger partial charge in [-0.3, -0.25) is 4.79 Å². The first-order chi connectivity index (χ1) is 9.38. The van der Waals surface area contributed by atoms with Crippen LogP contribution in [0.4, 0.5) is 10.7 Å². The van der Waals surface area contributed by atoms with Crippen LogP contribution in [-0.2, 0) is 0 Å². The number of rotatable bonds is 7. The fraction of sp³-hybridized carbons (Fsp3) is 0.643. The van der Waals surface area contributed by atoms with Crippen LogP contribution < -0.4 is 21.5 Å². The first-order valence-corrected chi connectivity index (χ1v) is 7.83.